The Balaban J connectivity index is 1.56. The molecule has 25 atom stereocenters. The number of aliphatic hydroxyl groups excluding tert-OH is 14. The van der Waals surface area contributed by atoms with E-state index in [0.29, 0.717) is 0 Å². The van der Waals surface area contributed by atoms with Crippen LogP contribution in [0.5, 0.6) is 0 Å². The molecule has 5 aliphatic heterocycles. The van der Waals surface area contributed by atoms with Gasteiger partial charge in [0.05, 0.1) is 32.5 Å². The lowest BCUT2D eigenvalue weighted by Gasteiger charge is -2.51. The first-order valence-electron chi connectivity index (χ1n) is 19.5. The second kappa shape index (κ2) is 21.3. The van der Waals surface area contributed by atoms with Crippen LogP contribution in [0.1, 0.15) is 20.8 Å². The topological polar surface area (TPSA) is 424 Å². The van der Waals surface area contributed by atoms with Gasteiger partial charge in [-0.25, -0.2) is 0 Å². The molecular formula is C34H58N2O25. The summed E-state index contributed by atoms with van der Waals surface area (Å²) in [6, 6.07) is -3.28. The van der Waals surface area contributed by atoms with Crippen LogP contribution in [-0.4, -0.2) is 263 Å². The summed E-state index contributed by atoms with van der Waals surface area (Å²) in [4.78, 5) is 24.8. The van der Waals surface area contributed by atoms with Gasteiger partial charge in [-0.1, -0.05) is 0 Å². The molecule has 5 rings (SSSR count). The van der Waals surface area contributed by atoms with Crippen LogP contribution < -0.4 is 10.6 Å². The minimum atomic E-state index is -2.08. The lowest BCUT2D eigenvalue weighted by Crippen LogP contribution is -2.71. The Morgan fingerprint density at radius 1 is 0.426 bits per heavy atom. The minimum Gasteiger partial charge on any atom is -0.394 e. The van der Waals surface area contributed by atoms with Gasteiger partial charge in [0.1, 0.15) is 116 Å². The number of aliphatic hydroxyl groups is 14. The van der Waals surface area contributed by atoms with E-state index in [2.05, 4.69) is 10.6 Å². The summed E-state index contributed by atoms with van der Waals surface area (Å²) in [5.74, 6) is -1.55. The normalized spacial score (nSPS) is 49.6. The van der Waals surface area contributed by atoms with Crippen molar-refractivity contribution < 1.29 is 124 Å². The molecule has 0 aromatic rings. The molecule has 0 bridgehead atoms. The van der Waals surface area contributed by atoms with Crippen LogP contribution in [0, 0.1) is 0 Å². The zero-order valence-corrected chi connectivity index (χ0v) is 33.0. The van der Waals surface area contributed by atoms with Gasteiger partial charge in [0.2, 0.25) is 11.8 Å². The number of ether oxygens (including phenoxy) is 9. The molecule has 0 aromatic carbocycles. The maximum atomic E-state index is 12.7. The van der Waals surface area contributed by atoms with E-state index >= 15 is 0 Å². The van der Waals surface area contributed by atoms with E-state index in [0.717, 1.165) is 13.8 Å². The molecule has 16 N–H and O–H groups in total. The number of amides is 2. The van der Waals surface area contributed by atoms with Crippen LogP contribution >= 0.6 is 0 Å². The van der Waals surface area contributed by atoms with Gasteiger partial charge in [0, 0.05) is 13.8 Å². The average molecular weight is 895 g/mol. The van der Waals surface area contributed by atoms with E-state index in [1.807, 2.05) is 0 Å². The molecule has 61 heavy (non-hydrogen) atoms. The third-order valence-corrected chi connectivity index (χ3v) is 11.1. The predicted octanol–water partition coefficient (Wildman–Crippen LogP) is -10.6. The third kappa shape index (κ3) is 10.8. The summed E-state index contributed by atoms with van der Waals surface area (Å²) in [6.45, 7) is -0.335. The van der Waals surface area contributed by atoms with Gasteiger partial charge in [-0.15, -0.1) is 0 Å². The van der Waals surface area contributed by atoms with E-state index in [9.17, 15) is 81.1 Å². The fourth-order valence-corrected chi connectivity index (χ4v) is 7.74. The van der Waals surface area contributed by atoms with E-state index < -0.39 is 192 Å². The zero-order valence-electron chi connectivity index (χ0n) is 33.0. The predicted molar refractivity (Wildman–Crippen MR) is 188 cm³/mol. The van der Waals surface area contributed by atoms with Crippen molar-refractivity contribution in [3.63, 3.8) is 0 Å². The Kier molecular flexibility index (Phi) is 17.5. The monoisotopic (exact) mass is 894 g/mol. The van der Waals surface area contributed by atoms with Gasteiger partial charge in [0.15, 0.2) is 31.5 Å². The number of hydrogen-bond acceptors (Lipinski definition) is 25. The van der Waals surface area contributed by atoms with Gasteiger partial charge < -0.3 is 125 Å². The highest BCUT2D eigenvalue weighted by molar-refractivity contribution is 5.73. The van der Waals surface area contributed by atoms with Crippen molar-refractivity contribution in [3.8, 4) is 0 Å². The van der Waals surface area contributed by atoms with Gasteiger partial charge in [0.25, 0.3) is 0 Å². The summed E-state index contributed by atoms with van der Waals surface area (Å²) >= 11 is 0. The first-order chi connectivity index (χ1) is 28.8. The highest BCUT2D eigenvalue weighted by Gasteiger charge is 2.58. The number of rotatable bonds is 14. The first kappa shape index (κ1) is 50.0. The molecule has 2 amide bonds. The maximum Gasteiger partial charge on any atom is 0.217 e. The quantitative estimate of drug-likeness (QED) is 0.0770. The SMILES string of the molecule is CC(=O)N[C@@H]1[C@@H](O[C@H]2O[C@H](CO)[C@@H](O)[C@H](O[C@@H]3O[C@H](CO)[C@H](O)[C@H](O[C@@H]4O[C@H](CO)[C@@H](O)[C@H](O)[C@@H]4O)[C@H]3O[C@@H]3O[C@@H](C)[C@@H](O)[C@@H](O)[C@@H]3O)[C@H]2NC(C)=O)[C@H](O)[C@@H](CO)O[C@H]1O. The third-order valence-electron chi connectivity index (χ3n) is 11.1. The van der Waals surface area contributed by atoms with Gasteiger partial charge in [-0.05, 0) is 6.92 Å². The average Bonchev–Trinajstić information content (AvgIpc) is 3.22. The summed E-state index contributed by atoms with van der Waals surface area (Å²) < 4.78 is 52.2. The second-order valence-corrected chi connectivity index (χ2v) is 15.4. The van der Waals surface area contributed by atoms with Crippen molar-refractivity contribution in [1.82, 2.24) is 10.6 Å². The molecule has 27 heteroatoms. The smallest absolute Gasteiger partial charge is 0.217 e. The highest BCUT2D eigenvalue weighted by Crippen LogP contribution is 2.37. The summed E-state index contributed by atoms with van der Waals surface area (Å²) in [6.07, 6.45) is -42.3. The molecule has 5 heterocycles. The lowest BCUT2D eigenvalue weighted by atomic mass is 9.93. The molecule has 27 nitrogen and oxygen atoms in total. The molecule has 0 saturated carbocycles. The fraction of sp³-hybridized carbons (Fsp3) is 0.941. The Bertz CT molecular complexity index is 1420. The molecule has 0 aliphatic carbocycles. The molecule has 5 aliphatic rings. The van der Waals surface area contributed by atoms with Crippen LogP contribution in [0.2, 0.25) is 0 Å². The van der Waals surface area contributed by atoms with E-state index in [1.165, 1.54) is 6.92 Å². The van der Waals surface area contributed by atoms with Crippen LogP contribution in [0.3, 0.4) is 0 Å². The van der Waals surface area contributed by atoms with Gasteiger partial charge >= 0.3 is 0 Å². The van der Waals surface area contributed by atoms with Crippen LogP contribution in [-0.2, 0) is 52.2 Å². The van der Waals surface area contributed by atoms with Crippen molar-refractivity contribution in [2.45, 2.75) is 174 Å². The van der Waals surface area contributed by atoms with Crippen molar-refractivity contribution in [2.75, 3.05) is 26.4 Å². The fourth-order valence-electron chi connectivity index (χ4n) is 7.74. The van der Waals surface area contributed by atoms with Crippen molar-refractivity contribution in [2.24, 2.45) is 0 Å². The van der Waals surface area contributed by atoms with Crippen LogP contribution in [0.15, 0.2) is 0 Å². The number of carbonyl (C=O) groups excluding carboxylic acids is 2. The molecule has 0 aromatic heterocycles. The zero-order chi connectivity index (χ0) is 45.2. The Labute approximate surface area is 346 Å². The Morgan fingerprint density at radius 3 is 1.34 bits per heavy atom. The molecular weight excluding hydrogens is 836 g/mol. The van der Waals surface area contributed by atoms with Crippen molar-refractivity contribution in [3.05, 3.63) is 0 Å². The van der Waals surface area contributed by atoms with Crippen molar-refractivity contribution >= 4 is 11.8 Å². The lowest BCUT2D eigenvalue weighted by molar-refractivity contribution is -0.402. The van der Waals surface area contributed by atoms with Crippen LogP contribution in [0.4, 0.5) is 0 Å². The molecule has 0 spiro atoms. The molecule has 354 valence electrons. The van der Waals surface area contributed by atoms with E-state index in [1.54, 1.807) is 0 Å². The summed E-state index contributed by atoms with van der Waals surface area (Å²) in [5.41, 5.74) is 0. The Hall–Kier alpha value is -1.98. The standard InChI is InChI=1S/C34H58N2O25/c1-8-17(43)22(48)24(50)32(53-8)61-29-28(60-33-25(51)23(49)18(44)11(4-37)56-33)21(47)14(7-40)57-34(29)59-27-16(36-10(3)42)31(55-13(6-39)20(27)46)58-26-15(35-9(2)41)30(52)54-12(5-38)19(26)45/h8,11-34,37-40,43-52H,4-7H2,1-3H3,(H,35,41)(H,36,42)/t8-,11+,12+,13+,14+,15+,16+,17+,18+,19+,20+,21-,22+,23-,24-,25-,26+,27+,28-,29+,30+,31+,32-,33-,34-/m0/s1. The van der Waals surface area contributed by atoms with Crippen molar-refractivity contribution in [1.29, 1.82) is 0 Å². The Morgan fingerprint density at radius 2 is 0.803 bits per heavy atom. The number of nitrogens with one attached hydrogen (secondary N) is 2. The number of hydrogen-bond donors (Lipinski definition) is 16. The molecule has 5 saturated heterocycles. The van der Waals surface area contributed by atoms with Gasteiger partial charge in [-0.2, -0.15) is 0 Å². The van der Waals surface area contributed by atoms with E-state index in [4.69, 9.17) is 42.6 Å². The maximum absolute atomic E-state index is 12.7. The minimum absolute atomic E-state index is 0.728. The highest BCUT2D eigenvalue weighted by atomic mass is 16.8. The molecule has 5 fully saturated rings. The van der Waals surface area contributed by atoms with Gasteiger partial charge in [-0.3, -0.25) is 9.59 Å². The number of carbonyl (C=O) groups is 2. The first-order valence-corrected chi connectivity index (χ1v) is 19.5. The van der Waals surface area contributed by atoms with Crippen LogP contribution in [0.25, 0.3) is 0 Å². The second-order valence-electron chi connectivity index (χ2n) is 15.4. The van der Waals surface area contributed by atoms with E-state index in [-0.39, 0.29) is 0 Å². The summed E-state index contributed by atoms with van der Waals surface area (Å²) in [7, 11) is 0. The summed E-state index contributed by atoms with van der Waals surface area (Å²) in [5, 5.41) is 154. The molecule has 0 radical (unpaired) electrons. The molecule has 0 unspecified atom stereocenters. The largest absolute Gasteiger partial charge is 0.394 e.